The minimum atomic E-state index is 0.283. The fraction of sp³-hybridized carbons (Fsp3) is 0.250. The standard InChI is InChI=1S/C16H18N2S/c1-2-4-12-6-8-13(9-7-12)14-11-15(18-17-14)16-5-3-10-19-16/h3,5-11,15,17-18H,2,4H2,1H3. The van der Waals surface area contributed by atoms with Crippen molar-refractivity contribution in [2.24, 2.45) is 0 Å². The van der Waals surface area contributed by atoms with Crippen molar-refractivity contribution in [1.82, 2.24) is 10.9 Å². The van der Waals surface area contributed by atoms with Crippen molar-refractivity contribution in [3.63, 3.8) is 0 Å². The average molecular weight is 270 g/mol. The number of aryl methyl sites for hydroxylation is 1. The Bertz CT molecular complexity index is 555. The first-order valence-electron chi connectivity index (χ1n) is 6.73. The number of nitrogens with one attached hydrogen (secondary N) is 2. The summed E-state index contributed by atoms with van der Waals surface area (Å²) in [5.41, 5.74) is 10.4. The van der Waals surface area contributed by atoms with Crippen LogP contribution in [-0.4, -0.2) is 0 Å². The molecular formula is C16H18N2S. The van der Waals surface area contributed by atoms with Crippen molar-refractivity contribution in [3.05, 3.63) is 63.9 Å². The molecule has 98 valence electrons. The summed E-state index contributed by atoms with van der Waals surface area (Å²) in [5.74, 6) is 0. The molecule has 1 aliphatic heterocycles. The van der Waals surface area contributed by atoms with Crippen molar-refractivity contribution >= 4 is 17.0 Å². The molecule has 0 aliphatic carbocycles. The van der Waals surface area contributed by atoms with Crippen LogP contribution in [0.3, 0.4) is 0 Å². The fourth-order valence-corrected chi connectivity index (χ4v) is 3.08. The Morgan fingerprint density at radius 3 is 2.68 bits per heavy atom. The van der Waals surface area contributed by atoms with Crippen LogP contribution in [0.15, 0.2) is 47.9 Å². The van der Waals surface area contributed by atoms with Crippen molar-refractivity contribution in [3.8, 4) is 0 Å². The maximum absolute atomic E-state index is 3.32. The molecule has 2 heterocycles. The summed E-state index contributed by atoms with van der Waals surface area (Å²) in [6.07, 6.45) is 4.60. The lowest BCUT2D eigenvalue weighted by Crippen LogP contribution is -2.25. The van der Waals surface area contributed by atoms with Crippen molar-refractivity contribution in [2.45, 2.75) is 25.8 Å². The Morgan fingerprint density at radius 2 is 2.00 bits per heavy atom. The molecule has 1 aromatic heterocycles. The molecule has 2 N–H and O–H groups in total. The second kappa shape index (κ2) is 5.59. The van der Waals surface area contributed by atoms with E-state index in [0.717, 1.165) is 6.42 Å². The lowest BCUT2D eigenvalue weighted by atomic mass is 10.1. The molecule has 2 nitrogen and oxygen atoms in total. The summed E-state index contributed by atoms with van der Waals surface area (Å²) in [6.45, 7) is 2.21. The van der Waals surface area contributed by atoms with Gasteiger partial charge >= 0.3 is 0 Å². The molecule has 0 spiro atoms. The molecule has 0 fully saturated rings. The zero-order valence-corrected chi connectivity index (χ0v) is 11.8. The molecule has 3 rings (SSSR count). The lowest BCUT2D eigenvalue weighted by molar-refractivity contribution is 0.623. The Kier molecular flexibility index (Phi) is 3.67. The largest absolute Gasteiger partial charge is 0.320 e. The molecule has 3 heteroatoms. The van der Waals surface area contributed by atoms with Gasteiger partial charge in [-0.25, -0.2) is 5.43 Å². The third kappa shape index (κ3) is 2.72. The van der Waals surface area contributed by atoms with Crippen LogP contribution in [0, 0.1) is 0 Å². The zero-order valence-electron chi connectivity index (χ0n) is 11.0. The van der Waals surface area contributed by atoms with Gasteiger partial charge < -0.3 is 5.43 Å². The molecule has 1 aliphatic rings. The topological polar surface area (TPSA) is 24.1 Å². The Labute approximate surface area is 118 Å². The van der Waals surface area contributed by atoms with E-state index >= 15 is 0 Å². The highest BCUT2D eigenvalue weighted by Crippen LogP contribution is 2.27. The van der Waals surface area contributed by atoms with Crippen LogP contribution in [0.4, 0.5) is 0 Å². The first-order chi connectivity index (χ1) is 9.36. The highest BCUT2D eigenvalue weighted by atomic mass is 32.1. The predicted octanol–water partition coefficient (Wildman–Crippen LogP) is 3.89. The van der Waals surface area contributed by atoms with Crippen molar-refractivity contribution in [1.29, 1.82) is 0 Å². The van der Waals surface area contributed by atoms with Gasteiger partial charge in [-0.05, 0) is 35.1 Å². The van der Waals surface area contributed by atoms with Crippen molar-refractivity contribution < 1.29 is 0 Å². The van der Waals surface area contributed by atoms with Crippen LogP contribution >= 0.6 is 11.3 Å². The van der Waals surface area contributed by atoms with E-state index in [4.69, 9.17) is 0 Å². The van der Waals surface area contributed by atoms with Crippen LogP contribution in [0.25, 0.3) is 5.70 Å². The van der Waals surface area contributed by atoms with E-state index in [0.29, 0.717) is 0 Å². The van der Waals surface area contributed by atoms with E-state index in [-0.39, 0.29) is 6.04 Å². The van der Waals surface area contributed by atoms with Crippen LogP contribution in [0.1, 0.15) is 35.4 Å². The second-order valence-electron chi connectivity index (χ2n) is 4.79. The predicted molar refractivity (Wildman–Crippen MR) is 81.7 cm³/mol. The summed E-state index contributed by atoms with van der Waals surface area (Å²) in [5, 5.41) is 2.11. The number of hydrogen-bond donors (Lipinski definition) is 2. The van der Waals surface area contributed by atoms with Gasteiger partial charge in [0.15, 0.2) is 0 Å². The smallest absolute Gasteiger partial charge is 0.0806 e. The monoisotopic (exact) mass is 270 g/mol. The molecule has 1 unspecified atom stereocenters. The van der Waals surface area contributed by atoms with Gasteiger partial charge in [-0.1, -0.05) is 43.7 Å². The van der Waals surface area contributed by atoms with Crippen LogP contribution < -0.4 is 10.9 Å². The molecular weight excluding hydrogens is 252 g/mol. The van der Waals surface area contributed by atoms with Gasteiger partial charge in [-0.2, -0.15) is 0 Å². The van der Waals surface area contributed by atoms with Gasteiger partial charge in [0.05, 0.1) is 11.7 Å². The van der Waals surface area contributed by atoms with Gasteiger partial charge in [-0.15, -0.1) is 11.3 Å². The molecule has 0 amide bonds. The summed E-state index contributed by atoms with van der Waals surface area (Å²) in [4.78, 5) is 1.34. The summed E-state index contributed by atoms with van der Waals surface area (Å²) >= 11 is 1.78. The number of thiophene rings is 1. The summed E-state index contributed by atoms with van der Waals surface area (Å²) < 4.78 is 0. The average Bonchev–Trinajstić information content (AvgIpc) is 3.11. The molecule has 19 heavy (non-hydrogen) atoms. The third-order valence-electron chi connectivity index (χ3n) is 3.35. The molecule has 1 atom stereocenters. The molecule has 0 saturated carbocycles. The van der Waals surface area contributed by atoms with E-state index in [2.05, 4.69) is 65.6 Å². The SMILES string of the molecule is CCCc1ccc(C2=CC(c3cccs3)NN2)cc1. The molecule has 2 aromatic rings. The minimum absolute atomic E-state index is 0.283. The fourth-order valence-electron chi connectivity index (χ4n) is 2.34. The quantitative estimate of drug-likeness (QED) is 0.880. The number of hydrazine groups is 1. The second-order valence-corrected chi connectivity index (χ2v) is 5.77. The third-order valence-corrected chi connectivity index (χ3v) is 4.30. The molecule has 0 saturated heterocycles. The lowest BCUT2D eigenvalue weighted by Gasteiger charge is -2.06. The number of rotatable bonds is 4. The van der Waals surface area contributed by atoms with E-state index < -0.39 is 0 Å². The van der Waals surface area contributed by atoms with E-state index in [1.54, 1.807) is 11.3 Å². The maximum atomic E-state index is 3.32. The highest BCUT2D eigenvalue weighted by Gasteiger charge is 2.17. The minimum Gasteiger partial charge on any atom is -0.320 e. The Morgan fingerprint density at radius 1 is 1.16 bits per heavy atom. The van der Waals surface area contributed by atoms with Gasteiger partial charge in [-0.3, -0.25) is 0 Å². The number of benzene rings is 1. The first kappa shape index (κ1) is 12.5. The number of hydrogen-bond acceptors (Lipinski definition) is 3. The van der Waals surface area contributed by atoms with Crippen molar-refractivity contribution in [2.75, 3.05) is 0 Å². The van der Waals surface area contributed by atoms with E-state index in [1.165, 1.54) is 28.1 Å². The Balaban J connectivity index is 1.77. The summed E-state index contributed by atoms with van der Waals surface area (Å²) in [6, 6.07) is 13.4. The van der Waals surface area contributed by atoms with E-state index in [1.807, 2.05) is 0 Å². The maximum Gasteiger partial charge on any atom is 0.0806 e. The molecule has 0 bridgehead atoms. The first-order valence-corrected chi connectivity index (χ1v) is 7.61. The van der Waals surface area contributed by atoms with Crippen LogP contribution in [-0.2, 0) is 6.42 Å². The molecule has 1 aromatic carbocycles. The van der Waals surface area contributed by atoms with Gasteiger partial charge in [0.1, 0.15) is 0 Å². The van der Waals surface area contributed by atoms with Gasteiger partial charge in [0, 0.05) is 4.88 Å². The normalized spacial score (nSPS) is 18.2. The van der Waals surface area contributed by atoms with Gasteiger partial charge in [0.2, 0.25) is 0 Å². The van der Waals surface area contributed by atoms with Crippen LogP contribution in [0.5, 0.6) is 0 Å². The molecule has 0 radical (unpaired) electrons. The van der Waals surface area contributed by atoms with Crippen LogP contribution in [0.2, 0.25) is 0 Å². The summed E-state index contributed by atoms with van der Waals surface area (Å²) in [7, 11) is 0. The Hall–Kier alpha value is -1.58. The zero-order chi connectivity index (χ0) is 13.1. The highest BCUT2D eigenvalue weighted by molar-refractivity contribution is 7.10. The van der Waals surface area contributed by atoms with E-state index in [9.17, 15) is 0 Å². The van der Waals surface area contributed by atoms with Gasteiger partial charge in [0.25, 0.3) is 0 Å².